The van der Waals surface area contributed by atoms with Crippen molar-refractivity contribution in [2.45, 2.75) is 32.1 Å². The number of fused-ring (bicyclic) bond motifs is 1. The van der Waals surface area contributed by atoms with Crippen LogP contribution in [0, 0.1) is 11.8 Å². The van der Waals surface area contributed by atoms with Gasteiger partial charge in [0.1, 0.15) is 0 Å². The number of carbonyl (C=O) groups excluding carboxylic acids is 3. The van der Waals surface area contributed by atoms with Gasteiger partial charge >= 0.3 is 5.97 Å². The molecule has 0 unspecified atom stereocenters. The molecule has 1 aliphatic heterocycles. The van der Waals surface area contributed by atoms with Crippen molar-refractivity contribution in [3.8, 4) is 11.1 Å². The lowest BCUT2D eigenvalue weighted by atomic mass is 9.78. The van der Waals surface area contributed by atoms with Crippen LogP contribution in [0.2, 0.25) is 0 Å². The monoisotopic (exact) mass is 482 g/mol. The molecular weight excluding hydrogens is 452 g/mol. The van der Waals surface area contributed by atoms with E-state index in [2.05, 4.69) is 5.32 Å². The van der Waals surface area contributed by atoms with Crippen LogP contribution < -0.4 is 10.2 Å². The molecular formula is C30H30N2O4. The Balaban J connectivity index is 1.22. The van der Waals surface area contributed by atoms with Gasteiger partial charge in [0.05, 0.1) is 11.8 Å². The number of carbonyl (C=O) groups is 3. The predicted molar refractivity (Wildman–Crippen MR) is 139 cm³/mol. The molecule has 5 rings (SSSR count). The topological polar surface area (TPSA) is 75.7 Å². The number of hydrogen-bond acceptors (Lipinski definition) is 4. The van der Waals surface area contributed by atoms with Crippen molar-refractivity contribution in [1.82, 2.24) is 0 Å². The van der Waals surface area contributed by atoms with Gasteiger partial charge in [-0.25, -0.2) is 0 Å². The summed E-state index contributed by atoms with van der Waals surface area (Å²) in [6.45, 7) is 0.256. The van der Waals surface area contributed by atoms with Gasteiger partial charge in [0.2, 0.25) is 5.91 Å². The molecule has 0 aromatic heterocycles. The molecule has 0 bridgehead atoms. The fourth-order valence-electron chi connectivity index (χ4n) is 5.37. The second-order valence-corrected chi connectivity index (χ2v) is 9.43. The average molecular weight is 483 g/mol. The van der Waals surface area contributed by atoms with Gasteiger partial charge in [-0.1, -0.05) is 79.6 Å². The molecule has 2 amide bonds. The molecule has 1 aliphatic carbocycles. The van der Waals surface area contributed by atoms with Crippen molar-refractivity contribution < 1.29 is 19.1 Å². The molecule has 0 spiro atoms. The molecule has 3 aromatic rings. The van der Waals surface area contributed by atoms with Crippen molar-refractivity contribution in [2.24, 2.45) is 11.8 Å². The summed E-state index contributed by atoms with van der Waals surface area (Å²) in [5.41, 5.74) is 4.63. The van der Waals surface area contributed by atoms with E-state index in [0.717, 1.165) is 41.6 Å². The Morgan fingerprint density at radius 2 is 1.53 bits per heavy atom. The van der Waals surface area contributed by atoms with Crippen molar-refractivity contribution in [3.05, 3.63) is 84.4 Å². The van der Waals surface area contributed by atoms with E-state index in [1.54, 1.807) is 0 Å². The molecule has 1 N–H and O–H groups in total. The summed E-state index contributed by atoms with van der Waals surface area (Å²) < 4.78 is 5.45. The Bertz CT molecular complexity index is 1260. The highest BCUT2D eigenvalue weighted by molar-refractivity contribution is 6.00. The van der Waals surface area contributed by atoms with Gasteiger partial charge in [-0.15, -0.1) is 0 Å². The molecule has 6 heteroatoms. The molecule has 184 valence electrons. The maximum absolute atomic E-state index is 13.5. The number of hydrogen-bond donors (Lipinski definition) is 1. The van der Waals surface area contributed by atoms with E-state index in [1.807, 2.05) is 83.8 Å². The lowest BCUT2D eigenvalue weighted by Crippen LogP contribution is -2.42. The van der Waals surface area contributed by atoms with E-state index in [1.165, 1.54) is 0 Å². The smallest absolute Gasteiger partial charge is 0.310 e. The number of nitrogens with zero attached hydrogens (tertiary/aromatic N) is 1. The van der Waals surface area contributed by atoms with Gasteiger partial charge in [0.15, 0.2) is 6.61 Å². The fraction of sp³-hybridized carbons (Fsp3) is 0.300. The van der Waals surface area contributed by atoms with Gasteiger partial charge in [0, 0.05) is 23.5 Å². The van der Waals surface area contributed by atoms with E-state index < -0.39 is 23.7 Å². The molecule has 1 saturated carbocycles. The first kappa shape index (κ1) is 23.8. The molecule has 1 heterocycles. The van der Waals surface area contributed by atoms with Gasteiger partial charge in [-0.2, -0.15) is 0 Å². The highest BCUT2D eigenvalue weighted by Gasteiger charge is 2.40. The van der Waals surface area contributed by atoms with Crippen LogP contribution in [-0.2, 0) is 25.5 Å². The average Bonchev–Trinajstić information content (AvgIpc) is 3.36. The van der Waals surface area contributed by atoms with Gasteiger partial charge in [-0.3, -0.25) is 14.4 Å². The molecule has 0 saturated heterocycles. The van der Waals surface area contributed by atoms with E-state index in [0.29, 0.717) is 25.1 Å². The number of para-hydroxylation sites is 2. The van der Waals surface area contributed by atoms with Crippen molar-refractivity contribution in [3.63, 3.8) is 0 Å². The maximum Gasteiger partial charge on any atom is 0.310 e. The summed E-state index contributed by atoms with van der Waals surface area (Å²) in [5, 5.41) is 2.87. The zero-order valence-electron chi connectivity index (χ0n) is 20.2. The van der Waals surface area contributed by atoms with Crippen LogP contribution in [0.5, 0.6) is 0 Å². The first-order valence-corrected chi connectivity index (χ1v) is 12.6. The Morgan fingerprint density at radius 3 is 2.36 bits per heavy atom. The van der Waals surface area contributed by atoms with Crippen LogP contribution in [-0.4, -0.2) is 30.9 Å². The van der Waals surface area contributed by atoms with Gasteiger partial charge < -0.3 is 15.0 Å². The predicted octanol–water partition coefficient (Wildman–Crippen LogP) is 5.23. The lowest BCUT2D eigenvalue weighted by Gasteiger charge is -2.32. The van der Waals surface area contributed by atoms with Gasteiger partial charge in [-0.05, 0) is 42.5 Å². The zero-order chi connectivity index (χ0) is 24.9. The Kier molecular flexibility index (Phi) is 7.12. The van der Waals surface area contributed by atoms with E-state index >= 15 is 0 Å². The van der Waals surface area contributed by atoms with Crippen LogP contribution in [0.15, 0.2) is 78.9 Å². The third-order valence-electron chi connectivity index (χ3n) is 7.17. The van der Waals surface area contributed by atoms with Crippen LogP contribution >= 0.6 is 0 Å². The molecule has 2 atom stereocenters. The van der Waals surface area contributed by atoms with Crippen molar-refractivity contribution in [1.29, 1.82) is 0 Å². The maximum atomic E-state index is 13.5. The first-order chi connectivity index (χ1) is 17.6. The SMILES string of the molecule is O=C(COC(=O)[C@H]1CCCC[C@@H]1C(=O)N1CCc2ccccc21)Nc1ccccc1-c1ccccc1. The summed E-state index contributed by atoms with van der Waals surface area (Å²) in [6.07, 6.45) is 3.87. The van der Waals surface area contributed by atoms with E-state index in [4.69, 9.17) is 4.74 Å². The van der Waals surface area contributed by atoms with Crippen molar-refractivity contribution in [2.75, 3.05) is 23.4 Å². The van der Waals surface area contributed by atoms with Crippen LogP contribution in [0.25, 0.3) is 11.1 Å². The number of esters is 1. The van der Waals surface area contributed by atoms with Crippen LogP contribution in [0.4, 0.5) is 11.4 Å². The largest absolute Gasteiger partial charge is 0.455 e. The zero-order valence-corrected chi connectivity index (χ0v) is 20.2. The number of nitrogens with one attached hydrogen (secondary N) is 1. The second-order valence-electron chi connectivity index (χ2n) is 9.43. The number of benzene rings is 3. The van der Waals surface area contributed by atoms with Gasteiger partial charge in [0.25, 0.3) is 5.91 Å². The summed E-state index contributed by atoms with van der Waals surface area (Å²) in [7, 11) is 0. The van der Waals surface area contributed by atoms with Crippen LogP contribution in [0.3, 0.4) is 0 Å². The summed E-state index contributed by atoms with van der Waals surface area (Å²) in [6, 6.07) is 25.2. The summed E-state index contributed by atoms with van der Waals surface area (Å²) in [4.78, 5) is 41.0. The number of amides is 2. The number of ether oxygens (including phenoxy) is 1. The summed E-state index contributed by atoms with van der Waals surface area (Å²) >= 11 is 0. The third-order valence-corrected chi connectivity index (χ3v) is 7.17. The standard InChI is InChI=1S/C30H30N2O4/c33-28(31-26-16-8-7-13-23(26)21-10-2-1-3-11-21)20-36-30(35)25-15-6-5-14-24(25)29(34)32-19-18-22-12-4-9-17-27(22)32/h1-4,7-13,16-17,24-25H,5-6,14-15,18-20H2,(H,31,33)/t24-,25-/m0/s1. The second kappa shape index (κ2) is 10.8. The lowest BCUT2D eigenvalue weighted by molar-refractivity contribution is -0.156. The first-order valence-electron chi connectivity index (χ1n) is 12.6. The third kappa shape index (κ3) is 5.03. The Labute approximate surface area is 211 Å². The molecule has 1 fully saturated rings. The number of anilines is 2. The quantitative estimate of drug-likeness (QED) is 0.488. The minimum Gasteiger partial charge on any atom is -0.455 e. The molecule has 3 aromatic carbocycles. The number of rotatable bonds is 6. The summed E-state index contributed by atoms with van der Waals surface area (Å²) in [5.74, 6) is -1.82. The van der Waals surface area contributed by atoms with E-state index in [9.17, 15) is 14.4 Å². The Morgan fingerprint density at radius 1 is 0.833 bits per heavy atom. The minimum atomic E-state index is -0.525. The van der Waals surface area contributed by atoms with E-state index in [-0.39, 0.29) is 12.5 Å². The molecule has 36 heavy (non-hydrogen) atoms. The highest BCUT2D eigenvalue weighted by Crippen LogP contribution is 2.36. The van der Waals surface area contributed by atoms with Crippen molar-refractivity contribution >= 4 is 29.2 Å². The fourth-order valence-corrected chi connectivity index (χ4v) is 5.37. The normalized spacial score (nSPS) is 18.8. The molecule has 0 radical (unpaired) electrons. The molecule has 2 aliphatic rings. The highest BCUT2D eigenvalue weighted by atomic mass is 16.5. The minimum absolute atomic E-state index is 0.0113. The van der Waals surface area contributed by atoms with Crippen LogP contribution in [0.1, 0.15) is 31.2 Å². The Hall–Kier alpha value is -3.93. The molecule has 6 nitrogen and oxygen atoms in total.